The summed E-state index contributed by atoms with van der Waals surface area (Å²) in [5.41, 5.74) is 2.78. The fourth-order valence-electron chi connectivity index (χ4n) is 4.09. The standard InChI is InChI=1S/C26H22N2O3/c1-17-12-14-19(15-13-17)24-27-22(18(2)31-24)16-28-23-11-7-6-10-21(23)26(30,25(28)29)20-8-4-3-5-9-20/h3-15,30H,16H2,1-2H3/t26-/m0/s1. The lowest BCUT2D eigenvalue weighted by atomic mass is 9.88. The smallest absolute Gasteiger partial charge is 0.268 e. The third-order valence-corrected chi connectivity index (χ3v) is 5.83. The summed E-state index contributed by atoms with van der Waals surface area (Å²) in [6.07, 6.45) is 0. The van der Waals surface area contributed by atoms with Crippen molar-refractivity contribution in [3.8, 4) is 11.5 Å². The number of carbonyl (C=O) groups is 1. The Labute approximate surface area is 180 Å². The van der Waals surface area contributed by atoms with Gasteiger partial charge in [0.2, 0.25) is 5.89 Å². The number of aliphatic hydroxyl groups is 1. The van der Waals surface area contributed by atoms with Crippen molar-refractivity contribution in [3.63, 3.8) is 0 Å². The molecule has 1 N–H and O–H groups in total. The van der Waals surface area contributed by atoms with Crippen LogP contribution in [0.1, 0.15) is 28.1 Å². The minimum atomic E-state index is -1.73. The van der Waals surface area contributed by atoms with E-state index in [9.17, 15) is 9.90 Å². The van der Waals surface area contributed by atoms with Crippen LogP contribution in [-0.2, 0) is 16.9 Å². The Morgan fingerprint density at radius 2 is 1.61 bits per heavy atom. The van der Waals surface area contributed by atoms with Crippen molar-refractivity contribution in [2.45, 2.75) is 26.0 Å². The number of hydrogen-bond acceptors (Lipinski definition) is 4. The first-order valence-electron chi connectivity index (χ1n) is 10.2. The number of oxazole rings is 1. The van der Waals surface area contributed by atoms with Crippen LogP contribution in [0.15, 0.2) is 83.3 Å². The molecule has 1 amide bonds. The summed E-state index contributed by atoms with van der Waals surface area (Å²) >= 11 is 0. The van der Waals surface area contributed by atoms with Gasteiger partial charge in [-0.3, -0.25) is 4.79 Å². The number of para-hydroxylation sites is 1. The van der Waals surface area contributed by atoms with Gasteiger partial charge in [0.1, 0.15) is 11.5 Å². The van der Waals surface area contributed by atoms with Crippen molar-refractivity contribution in [2.75, 3.05) is 4.90 Å². The van der Waals surface area contributed by atoms with Crippen LogP contribution in [0.5, 0.6) is 0 Å². The van der Waals surface area contributed by atoms with Gasteiger partial charge in [0.15, 0.2) is 5.60 Å². The summed E-state index contributed by atoms with van der Waals surface area (Å²) in [6, 6.07) is 24.4. The van der Waals surface area contributed by atoms with Gasteiger partial charge in [-0.15, -0.1) is 0 Å². The van der Waals surface area contributed by atoms with Crippen LogP contribution in [0.3, 0.4) is 0 Å². The number of benzene rings is 3. The second kappa shape index (κ2) is 7.22. The maximum absolute atomic E-state index is 13.5. The number of aromatic nitrogens is 1. The lowest BCUT2D eigenvalue weighted by Crippen LogP contribution is -2.41. The molecule has 5 heteroatoms. The highest BCUT2D eigenvalue weighted by molar-refractivity contribution is 6.09. The molecule has 0 spiro atoms. The molecular formula is C26H22N2O3. The highest BCUT2D eigenvalue weighted by Gasteiger charge is 2.51. The van der Waals surface area contributed by atoms with Crippen molar-refractivity contribution < 1.29 is 14.3 Å². The highest BCUT2D eigenvalue weighted by atomic mass is 16.4. The second-order valence-electron chi connectivity index (χ2n) is 7.87. The molecule has 5 nitrogen and oxygen atoms in total. The molecular weight excluding hydrogens is 388 g/mol. The van der Waals surface area contributed by atoms with E-state index in [0.29, 0.717) is 34.2 Å². The van der Waals surface area contributed by atoms with E-state index >= 15 is 0 Å². The SMILES string of the molecule is Cc1ccc(-c2nc(CN3C(=O)[C@](O)(c4ccccc4)c4ccccc43)c(C)o2)cc1. The first-order chi connectivity index (χ1) is 15.0. The Kier molecular flexibility index (Phi) is 4.49. The molecule has 0 saturated heterocycles. The zero-order valence-corrected chi connectivity index (χ0v) is 17.4. The van der Waals surface area contributed by atoms with E-state index in [1.807, 2.05) is 74.5 Å². The molecule has 5 rings (SSSR count). The van der Waals surface area contributed by atoms with E-state index in [4.69, 9.17) is 4.42 Å². The molecule has 31 heavy (non-hydrogen) atoms. The number of rotatable bonds is 4. The average molecular weight is 410 g/mol. The Morgan fingerprint density at radius 1 is 0.935 bits per heavy atom. The number of aryl methyl sites for hydroxylation is 2. The number of amides is 1. The van der Waals surface area contributed by atoms with E-state index < -0.39 is 5.60 Å². The van der Waals surface area contributed by atoms with Gasteiger partial charge in [-0.05, 0) is 37.6 Å². The van der Waals surface area contributed by atoms with Crippen molar-refractivity contribution >= 4 is 11.6 Å². The van der Waals surface area contributed by atoms with Crippen LogP contribution in [0.4, 0.5) is 5.69 Å². The molecule has 154 valence electrons. The summed E-state index contributed by atoms with van der Waals surface area (Å²) < 4.78 is 5.90. The summed E-state index contributed by atoms with van der Waals surface area (Å²) in [7, 11) is 0. The number of carbonyl (C=O) groups excluding carboxylic acids is 1. The van der Waals surface area contributed by atoms with Gasteiger partial charge in [-0.25, -0.2) is 4.98 Å². The fourth-order valence-corrected chi connectivity index (χ4v) is 4.09. The topological polar surface area (TPSA) is 66.6 Å². The average Bonchev–Trinajstić information content (AvgIpc) is 3.27. The van der Waals surface area contributed by atoms with Crippen LogP contribution in [0.2, 0.25) is 0 Å². The molecule has 0 aliphatic carbocycles. The van der Waals surface area contributed by atoms with Gasteiger partial charge >= 0.3 is 0 Å². The van der Waals surface area contributed by atoms with E-state index in [-0.39, 0.29) is 12.5 Å². The van der Waals surface area contributed by atoms with Crippen LogP contribution < -0.4 is 4.90 Å². The van der Waals surface area contributed by atoms with E-state index in [1.54, 1.807) is 23.1 Å². The number of nitrogens with zero attached hydrogens (tertiary/aromatic N) is 2. The van der Waals surface area contributed by atoms with Gasteiger partial charge in [0.25, 0.3) is 5.91 Å². The molecule has 0 radical (unpaired) electrons. The van der Waals surface area contributed by atoms with Gasteiger partial charge in [0.05, 0.1) is 12.2 Å². The summed E-state index contributed by atoms with van der Waals surface area (Å²) in [5, 5.41) is 11.6. The third kappa shape index (κ3) is 3.05. The molecule has 0 saturated carbocycles. The second-order valence-corrected chi connectivity index (χ2v) is 7.87. The van der Waals surface area contributed by atoms with Crippen LogP contribution >= 0.6 is 0 Å². The maximum atomic E-state index is 13.5. The predicted octanol–water partition coefficient (Wildman–Crippen LogP) is 4.74. The monoisotopic (exact) mass is 410 g/mol. The predicted molar refractivity (Wildman–Crippen MR) is 118 cm³/mol. The van der Waals surface area contributed by atoms with Crippen LogP contribution in [-0.4, -0.2) is 16.0 Å². The zero-order valence-electron chi connectivity index (χ0n) is 17.4. The Morgan fingerprint density at radius 3 is 2.35 bits per heavy atom. The number of fused-ring (bicyclic) bond motifs is 1. The van der Waals surface area contributed by atoms with Crippen LogP contribution in [0, 0.1) is 13.8 Å². The summed E-state index contributed by atoms with van der Waals surface area (Å²) in [4.78, 5) is 19.8. The Bertz CT molecular complexity index is 1260. The third-order valence-electron chi connectivity index (χ3n) is 5.83. The molecule has 0 bridgehead atoms. The minimum Gasteiger partial charge on any atom is -0.441 e. The van der Waals surface area contributed by atoms with Crippen molar-refractivity contribution in [1.29, 1.82) is 0 Å². The van der Waals surface area contributed by atoms with Crippen LogP contribution in [0.25, 0.3) is 11.5 Å². The molecule has 0 fully saturated rings. The molecule has 4 aromatic rings. The van der Waals surface area contributed by atoms with Crippen molar-refractivity contribution in [1.82, 2.24) is 4.98 Å². The van der Waals surface area contributed by atoms with Crippen molar-refractivity contribution in [2.24, 2.45) is 0 Å². The molecule has 1 aromatic heterocycles. The minimum absolute atomic E-state index is 0.214. The lowest BCUT2D eigenvalue weighted by molar-refractivity contribution is -0.132. The van der Waals surface area contributed by atoms with E-state index in [1.165, 1.54) is 0 Å². The lowest BCUT2D eigenvalue weighted by Gasteiger charge is -2.23. The van der Waals surface area contributed by atoms with Gasteiger partial charge in [-0.2, -0.15) is 0 Å². The maximum Gasteiger partial charge on any atom is 0.268 e. The Hall–Kier alpha value is -3.70. The normalized spacial score (nSPS) is 17.8. The molecule has 3 aromatic carbocycles. The molecule has 1 aliphatic heterocycles. The highest BCUT2D eigenvalue weighted by Crippen LogP contribution is 2.45. The number of hydrogen-bond donors (Lipinski definition) is 1. The van der Waals surface area contributed by atoms with E-state index in [2.05, 4.69) is 4.98 Å². The largest absolute Gasteiger partial charge is 0.441 e. The summed E-state index contributed by atoms with van der Waals surface area (Å²) in [5.74, 6) is 0.779. The fraction of sp³-hybridized carbons (Fsp3) is 0.154. The van der Waals surface area contributed by atoms with Gasteiger partial charge in [0, 0.05) is 11.1 Å². The van der Waals surface area contributed by atoms with E-state index in [0.717, 1.165) is 11.1 Å². The first kappa shape index (κ1) is 19.3. The molecule has 1 atom stereocenters. The molecule has 0 unspecified atom stereocenters. The molecule has 1 aliphatic rings. The molecule has 2 heterocycles. The Balaban J connectivity index is 1.53. The summed E-state index contributed by atoms with van der Waals surface area (Å²) in [6.45, 7) is 4.09. The van der Waals surface area contributed by atoms with Gasteiger partial charge < -0.3 is 14.4 Å². The van der Waals surface area contributed by atoms with Gasteiger partial charge in [-0.1, -0.05) is 66.2 Å². The first-order valence-corrected chi connectivity index (χ1v) is 10.2. The van der Waals surface area contributed by atoms with Crippen molar-refractivity contribution in [3.05, 3.63) is 107 Å². The zero-order chi connectivity index (χ0) is 21.6. The number of anilines is 1. The quantitative estimate of drug-likeness (QED) is 0.528.